The number of hydrogen-bond acceptors (Lipinski definition) is 1. The smallest absolute Gasteiger partial charge is 0.126 e. The Labute approximate surface area is 97.9 Å². The topological polar surface area (TPSA) is 26.0 Å². The average molecular weight is 223 g/mol. The molecule has 1 aromatic rings. The fourth-order valence-electron chi connectivity index (χ4n) is 1.91. The molecule has 0 heterocycles. The Morgan fingerprint density at radius 3 is 2.38 bits per heavy atom. The third kappa shape index (κ3) is 3.31. The highest BCUT2D eigenvalue weighted by atomic mass is 19.1. The molecule has 0 fully saturated rings. The zero-order valence-corrected chi connectivity index (χ0v) is 10.7. The van der Waals surface area contributed by atoms with Crippen molar-refractivity contribution in [2.45, 2.75) is 46.6 Å². The van der Waals surface area contributed by atoms with Crippen molar-refractivity contribution in [3.05, 3.63) is 34.6 Å². The highest BCUT2D eigenvalue weighted by molar-refractivity contribution is 5.32. The van der Waals surface area contributed by atoms with Gasteiger partial charge < -0.3 is 5.73 Å². The zero-order chi connectivity index (χ0) is 12.3. The van der Waals surface area contributed by atoms with Crippen molar-refractivity contribution in [1.82, 2.24) is 0 Å². The molecule has 0 aliphatic rings. The van der Waals surface area contributed by atoms with Gasteiger partial charge in [0.15, 0.2) is 0 Å². The molecule has 0 saturated carbocycles. The van der Waals surface area contributed by atoms with Crippen LogP contribution < -0.4 is 5.73 Å². The minimum atomic E-state index is -0.0894. The minimum Gasteiger partial charge on any atom is -0.327 e. The van der Waals surface area contributed by atoms with E-state index in [0.717, 1.165) is 29.5 Å². The predicted octanol–water partition coefficient (Wildman–Crippen LogP) is 3.36. The lowest BCUT2D eigenvalue weighted by atomic mass is 9.94. The SMILES string of the molecule is Cc1cc(C)c(CCC(N)C(C)C)c(F)c1. The lowest BCUT2D eigenvalue weighted by Gasteiger charge is -2.16. The van der Waals surface area contributed by atoms with Crippen molar-refractivity contribution >= 4 is 0 Å². The Morgan fingerprint density at radius 1 is 1.25 bits per heavy atom. The summed E-state index contributed by atoms with van der Waals surface area (Å²) in [7, 11) is 0. The van der Waals surface area contributed by atoms with E-state index in [4.69, 9.17) is 5.73 Å². The van der Waals surface area contributed by atoms with Crippen LogP contribution in [0.2, 0.25) is 0 Å². The molecular weight excluding hydrogens is 201 g/mol. The largest absolute Gasteiger partial charge is 0.327 e. The van der Waals surface area contributed by atoms with Gasteiger partial charge in [-0.05, 0) is 55.4 Å². The summed E-state index contributed by atoms with van der Waals surface area (Å²) in [6, 6.07) is 3.78. The summed E-state index contributed by atoms with van der Waals surface area (Å²) in [5.74, 6) is 0.363. The van der Waals surface area contributed by atoms with Crippen molar-refractivity contribution in [2.24, 2.45) is 11.7 Å². The summed E-state index contributed by atoms with van der Waals surface area (Å²) < 4.78 is 13.7. The summed E-state index contributed by atoms with van der Waals surface area (Å²) in [5.41, 5.74) is 8.81. The fourth-order valence-corrected chi connectivity index (χ4v) is 1.91. The van der Waals surface area contributed by atoms with Gasteiger partial charge in [0.25, 0.3) is 0 Å². The molecule has 1 rings (SSSR count). The van der Waals surface area contributed by atoms with Crippen LogP contribution in [-0.4, -0.2) is 6.04 Å². The van der Waals surface area contributed by atoms with E-state index in [2.05, 4.69) is 13.8 Å². The summed E-state index contributed by atoms with van der Waals surface area (Å²) in [5, 5.41) is 0. The Kier molecular flexibility index (Phi) is 4.48. The van der Waals surface area contributed by atoms with Crippen LogP contribution in [0.3, 0.4) is 0 Å². The fraction of sp³-hybridized carbons (Fsp3) is 0.571. The Morgan fingerprint density at radius 2 is 1.88 bits per heavy atom. The third-order valence-electron chi connectivity index (χ3n) is 3.15. The first kappa shape index (κ1) is 13.2. The van der Waals surface area contributed by atoms with E-state index in [1.165, 1.54) is 0 Å². The standard InChI is InChI=1S/C14H22FN/c1-9(2)14(16)6-5-12-11(4)7-10(3)8-13(12)15/h7-9,14H,5-6,16H2,1-4H3. The molecule has 1 unspecified atom stereocenters. The van der Waals surface area contributed by atoms with Gasteiger partial charge in [-0.3, -0.25) is 0 Å². The van der Waals surface area contributed by atoms with Crippen LogP contribution in [0.1, 0.15) is 37.0 Å². The van der Waals surface area contributed by atoms with Crippen molar-refractivity contribution in [3.8, 4) is 0 Å². The number of benzene rings is 1. The summed E-state index contributed by atoms with van der Waals surface area (Å²) in [4.78, 5) is 0. The number of hydrogen-bond donors (Lipinski definition) is 1. The maximum Gasteiger partial charge on any atom is 0.126 e. The van der Waals surface area contributed by atoms with Gasteiger partial charge in [-0.1, -0.05) is 19.9 Å². The van der Waals surface area contributed by atoms with Gasteiger partial charge in [-0.2, -0.15) is 0 Å². The molecule has 1 aromatic carbocycles. The molecule has 0 aliphatic heterocycles. The van der Waals surface area contributed by atoms with Gasteiger partial charge in [-0.15, -0.1) is 0 Å². The van der Waals surface area contributed by atoms with Crippen molar-refractivity contribution < 1.29 is 4.39 Å². The first-order chi connectivity index (χ1) is 7.41. The van der Waals surface area contributed by atoms with Crippen molar-refractivity contribution in [1.29, 1.82) is 0 Å². The summed E-state index contributed by atoms with van der Waals surface area (Å²) in [6.45, 7) is 8.08. The van der Waals surface area contributed by atoms with Gasteiger partial charge in [0.2, 0.25) is 0 Å². The molecule has 16 heavy (non-hydrogen) atoms. The average Bonchev–Trinajstić information content (AvgIpc) is 2.15. The monoisotopic (exact) mass is 223 g/mol. The Balaban J connectivity index is 2.74. The number of halogens is 1. The van der Waals surface area contributed by atoms with Crippen LogP contribution in [0.5, 0.6) is 0 Å². The predicted molar refractivity (Wildman–Crippen MR) is 67.0 cm³/mol. The molecule has 1 nitrogen and oxygen atoms in total. The number of rotatable bonds is 4. The van der Waals surface area contributed by atoms with Crippen LogP contribution in [0.25, 0.3) is 0 Å². The molecule has 0 spiro atoms. The first-order valence-corrected chi connectivity index (χ1v) is 5.93. The summed E-state index contributed by atoms with van der Waals surface area (Å²) >= 11 is 0. The van der Waals surface area contributed by atoms with Crippen LogP contribution in [-0.2, 0) is 6.42 Å². The number of aryl methyl sites for hydroxylation is 2. The van der Waals surface area contributed by atoms with Gasteiger partial charge in [0.1, 0.15) is 5.82 Å². The van der Waals surface area contributed by atoms with E-state index in [1.54, 1.807) is 6.07 Å². The van der Waals surface area contributed by atoms with Crippen LogP contribution in [0.4, 0.5) is 4.39 Å². The minimum absolute atomic E-state index is 0.0894. The molecule has 1 atom stereocenters. The van der Waals surface area contributed by atoms with Crippen molar-refractivity contribution in [3.63, 3.8) is 0 Å². The second kappa shape index (κ2) is 5.44. The van der Waals surface area contributed by atoms with Gasteiger partial charge in [0, 0.05) is 6.04 Å². The highest BCUT2D eigenvalue weighted by Crippen LogP contribution is 2.18. The van der Waals surface area contributed by atoms with Crippen molar-refractivity contribution in [2.75, 3.05) is 0 Å². The second-order valence-corrected chi connectivity index (χ2v) is 4.99. The van der Waals surface area contributed by atoms with E-state index < -0.39 is 0 Å². The Bertz CT molecular complexity index is 335. The van der Waals surface area contributed by atoms with E-state index >= 15 is 0 Å². The maximum absolute atomic E-state index is 13.7. The molecule has 2 N–H and O–H groups in total. The van der Waals surface area contributed by atoms with Gasteiger partial charge >= 0.3 is 0 Å². The molecule has 0 amide bonds. The molecular formula is C14H22FN. The Hall–Kier alpha value is -0.890. The van der Waals surface area contributed by atoms with Crippen LogP contribution in [0.15, 0.2) is 12.1 Å². The van der Waals surface area contributed by atoms with Crippen LogP contribution >= 0.6 is 0 Å². The molecule has 0 bridgehead atoms. The summed E-state index contributed by atoms with van der Waals surface area (Å²) in [6.07, 6.45) is 1.58. The lowest BCUT2D eigenvalue weighted by molar-refractivity contribution is 0.459. The first-order valence-electron chi connectivity index (χ1n) is 5.93. The van der Waals surface area contributed by atoms with E-state index in [9.17, 15) is 4.39 Å². The highest BCUT2D eigenvalue weighted by Gasteiger charge is 2.11. The third-order valence-corrected chi connectivity index (χ3v) is 3.15. The molecule has 2 heteroatoms. The van der Waals surface area contributed by atoms with Crippen LogP contribution in [0, 0.1) is 25.6 Å². The quantitative estimate of drug-likeness (QED) is 0.832. The second-order valence-electron chi connectivity index (χ2n) is 4.99. The van der Waals surface area contributed by atoms with Gasteiger partial charge in [0.05, 0.1) is 0 Å². The zero-order valence-electron chi connectivity index (χ0n) is 10.7. The lowest BCUT2D eigenvalue weighted by Crippen LogP contribution is -2.27. The van der Waals surface area contributed by atoms with E-state index in [0.29, 0.717) is 5.92 Å². The molecule has 0 aliphatic carbocycles. The molecule has 90 valence electrons. The van der Waals surface area contributed by atoms with E-state index in [1.807, 2.05) is 19.9 Å². The number of nitrogens with two attached hydrogens (primary N) is 1. The molecule has 0 aromatic heterocycles. The maximum atomic E-state index is 13.7. The normalized spacial score (nSPS) is 13.2. The molecule has 0 radical (unpaired) electrons. The van der Waals surface area contributed by atoms with E-state index in [-0.39, 0.29) is 11.9 Å². The molecule has 0 saturated heterocycles. The van der Waals surface area contributed by atoms with Gasteiger partial charge in [-0.25, -0.2) is 4.39 Å².